The first-order valence-electron chi connectivity index (χ1n) is 4.10. The van der Waals surface area contributed by atoms with Crippen LogP contribution in [0.3, 0.4) is 0 Å². The van der Waals surface area contributed by atoms with Gasteiger partial charge in [-0.1, -0.05) is 0 Å². The Kier molecular flexibility index (Phi) is 1.93. The largest absolute Gasteiger partial charge is 0.295 e. The highest BCUT2D eigenvalue weighted by atomic mass is 19.1. The molecule has 1 heterocycles. The van der Waals surface area contributed by atoms with Gasteiger partial charge < -0.3 is 0 Å². The molecular formula is C10H8FNO. The van der Waals surface area contributed by atoms with E-state index < -0.39 is 0 Å². The Morgan fingerprint density at radius 1 is 1.38 bits per heavy atom. The summed E-state index contributed by atoms with van der Waals surface area (Å²) in [6.45, 7) is 0. The predicted octanol–water partition coefficient (Wildman–Crippen LogP) is 1.97. The summed E-state index contributed by atoms with van der Waals surface area (Å²) in [6, 6.07) is 1.60. The van der Waals surface area contributed by atoms with Crippen molar-refractivity contribution in [1.82, 2.24) is 4.98 Å². The lowest BCUT2D eigenvalue weighted by atomic mass is 10.1. The molecule has 1 aliphatic carbocycles. The molecule has 0 bridgehead atoms. The standard InChI is InChI=1S/C10H8FNO/c11-10-6-12-4-3-9(10)7-1-2-8(13)5-7/h3-6H,1-2H2. The van der Waals surface area contributed by atoms with Crippen LogP contribution in [0.4, 0.5) is 4.39 Å². The molecule has 2 rings (SSSR count). The topological polar surface area (TPSA) is 30.0 Å². The van der Waals surface area contributed by atoms with E-state index in [2.05, 4.69) is 4.98 Å². The zero-order valence-corrected chi connectivity index (χ0v) is 6.96. The van der Waals surface area contributed by atoms with Gasteiger partial charge in [-0.05, 0) is 24.1 Å². The first kappa shape index (κ1) is 8.10. The Hall–Kier alpha value is -1.51. The number of hydrogen-bond acceptors (Lipinski definition) is 2. The number of pyridine rings is 1. The maximum absolute atomic E-state index is 13.2. The highest BCUT2D eigenvalue weighted by molar-refractivity contribution is 6.01. The molecule has 0 aromatic carbocycles. The summed E-state index contributed by atoms with van der Waals surface area (Å²) in [5, 5.41) is 0. The SMILES string of the molecule is O=C1C=C(c2ccncc2F)CC1. The summed E-state index contributed by atoms with van der Waals surface area (Å²) in [5.41, 5.74) is 1.28. The fourth-order valence-corrected chi connectivity index (χ4v) is 1.44. The van der Waals surface area contributed by atoms with Gasteiger partial charge in [-0.25, -0.2) is 4.39 Å². The van der Waals surface area contributed by atoms with Gasteiger partial charge in [0.25, 0.3) is 0 Å². The quantitative estimate of drug-likeness (QED) is 0.656. The number of halogens is 1. The van der Waals surface area contributed by atoms with Crippen molar-refractivity contribution in [2.75, 3.05) is 0 Å². The average Bonchev–Trinajstić information content (AvgIpc) is 2.53. The third kappa shape index (κ3) is 1.49. The van der Waals surface area contributed by atoms with Gasteiger partial charge in [-0.15, -0.1) is 0 Å². The molecule has 0 aliphatic heterocycles. The summed E-state index contributed by atoms with van der Waals surface area (Å²) >= 11 is 0. The van der Waals surface area contributed by atoms with E-state index in [-0.39, 0.29) is 11.6 Å². The molecule has 0 saturated heterocycles. The van der Waals surface area contributed by atoms with Crippen LogP contribution in [0, 0.1) is 5.82 Å². The van der Waals surface area contributed by atoms with Gasteiger partial charge in [0.15, 0.2) is 5.78 Å². The van der Waals surface area contributed by atoms with Crippen LogP contribution in [0.2, 0.25) is 0 Å². The van der Waals surface area contributed by atoms with E-state index in [1.807, 2.05) is 0 Å². The maximum Gasteiger partial charge on any atom is 0.156 e. The van der Waals surface area contributed by atoms with E-state index in [4.69, 9.17) is 0 Å². The van der Waals surface area contributed by atoms with Gasteiger partial charge in [0.2, 0.25) is 0 Å². The van der Waals surface area contributed by atoms with E-state index >= 15 is 0 Å². The van der Waals surface area contributed by atoms with Gasteiger partial charge >= 0.3 is 0 Å². The number of carbonyl (C=O) groups is 1. The zero-order valence-electron chi connectivity index (χ0n) is 6.96. The lowest BCUT2D eigenvalue weighted by Crippen LogP contribution is -1.88. The first-order valence-corrected chi connectivity index (χ1v) is 4.10. The number of hydrogen-bond donors (Lipinski definition) is 0. The van der Waals surface area contributed by atoms with Gasteiger partial charge in [-0.3, -0.25) is 9.78 Å². The van der Waals surface area contributed by atoms with Gasteiger partial charge in [-0.2, -0.15) is 0 Å². The lowest BCUT2D eigenvalue weighted by Gasteiger charge is -2.00. The van der Waals surface area contributed by atoms with Gasteiger partial charge in [0, 0.05) is 18.2 Å². The molecule has 0 amide bonds. The second kappa shape index (κ2) is 3.09. The van der Waals surface area contributed by atoms with Crippen LogP contribution >= 0.6 is 0 Å². The molecule has 0 saturated carbocycles. The molecule has 13 heavy (non-hydrogen) atoms. The Balaban J connectivity index is 2.41. The summed E-state index contributed by atoms with van der Waals surface area (Å²) in [4.78, 5) is 14.6. The van der Waals surface area contributed by atoms with Crippen LogP contribution in [0.5, 0.6) is 0 Å². The van der Waals surface area contributed by atoms with Crippen LogP contribution in [0.1, 0.15) is 18.4 Å². The third-order valence-electron chi connectivity index (χ3n) is 2.09. The molecule has 0 unspecified atom stereocenters. The monoisotopic (exact) mass is 177 g/mol. The number of aromatic nitrogens is 1. The second-order valence-electron chi connectivity index (χ2n) is 2.99. The Morgan fingerprint density at radius 2 is 2.23 bits per heavy atom. The van der Waals surface area contributed by atoms with Crippen molar-refractivity contribution in [3.63, 3.8) is 0 Å². The number of allylic oxidation sites excluding steroid dienone is 2. The molecule has 0 spiro atoms. The minimum absolute atomic E-state index is 0.0752. The van der Waals surface area contributed by atoms with Crippen molar-refractivity contribution in [2.24, 2.45) is 0 Å². The van der Waals surface area contributed by atoms with Crippen LogP contribution in [0.15, 0.2) is 24.5 Å². The van der Waals surface area contributed by atoms with Crippen molar-refractivity contribution in [2.45, 2.75) is 12.8 Å². The summed E-state index contributed by atoms with van der Waals surface area (Å²) < 4.78 is 13.2. The fraction of sp³-hybridized carbons (Fsp3) is 0.200. The van der Waals surface area contributed by atoms with E-state index in [1.165, 1.54) is 18.5 Å². The molecule has 66 valence electrons. The van der Waals surface area contributed by atoms with E-state index in [0.717, 1.165) is 5.57 Å². The van der Waals surface area contributed by atoms with Crippen LogP contribution in [0.25, 0.3) is 5.57 Å². The Morgan fingerprint density at radius 3 is 2.85 bits per heavy atom. The van der Waals surface area contributed by atoms with E-state index in [9.17, 15) is 9.18 Å². The van der Waals surface area contributed by atoms with Crippen molar-refractivity contribution >= 4 is 11.4 Å². The first-order chi connectivity index (χ1) is 6.27. The molecule has 0 atom stereocenters. The number of rotatable bonds is 1. The predicted molar refractivity (Wildman–Crippen MR) is 46.4 cm³/mol. The van der Waals surface area contributed by atoms with Crippen molar-refractivity contribution in [3.8, 4) is 0 Å². The van der Waals surface area contributed by atoms with Crippen molar-refractivity contribution < 1.29 is 9.18 Å². The van der Waals surface area contributed by atoms with Crippen LogP contribution < -0.4 is 0 Å². The number of nitrogens with zero attached hydrogens (tertiary/aromatic N) is 1. The Bertz CT molecular complexity index is 384. The molecular weight excluding hydrogens is 169 g/mol. The highest BCUT2D eigenvalue weighted by Gasteiger charge is 2.15. The average molecular weight is 177 g/mol. The summed E-state index contributed by atoms with van der Waals surface area (Å²) in [5.74, 6) is -0.283. The van der Waals surface area contributed by atoms with Crippen molar-refractivity contribution in [3.05, 3.63) is 35.9 Å². The van der Waals surface area contributed by atoms with Crippen molar-refractivity contribution in [1.29, 1.82) is 0 Å². The van der Waals surface area contributed by atoms with Crippen LogP contribution in [-0.4, -0.2) is 10.8 Å². The molecule has 1 aromatic heterocycles. The molecule has 0 radical (unpaired) electrons. The minimum Gasteiger partial charge on any atom is -0.295 e. The third-order valence-corrected chi connectivity index (χ3v) is 2.09. The second-order valence-corrected chi connectivity index (χ2v) is 2.99. The molecule has 2 nitrogen and oxygen atoms in total. The Labute approximate surface area is 75.1 Å². The summed E-state index contributed by atoms with van der Waals surface area (Å²) in [7, 11) is 0. The highest BCUT2D eigenvalue weighted by Crippen LogP contribution is 2.26. The normalized spacial score (nSPS) is 16.1. The van der Waals surface area contributed by atoms with E-state index in [0.29, 0.717) is 18.4 Å². The summed E-state index contributed by atoms with van der Waals surface area (Å²) in [6.07, 6.45) is 5.34. The number of ketones is 1. The molecule has 0 fully saturated rings. The smallest absolute Gasteiger partial charge is 0.156 e. The minimum atomic E-state index is -0.358. The van der Waals surface area contributed by atoms with Crippen LogP contribution in [-0.2, 0) is 4.79 Å². The van der Waals surface area contributed by atoms with Gasteiger partial charge in [0.05, 0.1) is 6.20 Å². The molecule has 1 aliphatic rings. The molecule has 3 heteroatoms. The van der Waals surface area contributed by atoms with E-state index in [1.54, 1.807) is 6.07 Å². The molecule has 0 N–H and O–H groups in total. The lowest BCUT2D eigenvalue weighted by molar-refractivity contribution is -0.114. The van der Waals surface area contributed by atoms with Gasteiger partial charge in [0.1, 0.15) is 5.82 Å². The fourth-order valence-electron chi connectivity index (χ4n) is 1.44. The number of carbonyl (C=O) groups excluding carboxylic acids is 1. The molecule has 1 aromatic rings. The maximum atomic E-state index is 13.2. The zero-order chi connectivity index (χ0) is 9.26.